The summed E-state index contributed by atoms with van der Waals surface area (Å²) in [6.07, 6.45) is 1.54. The summed E-state index contributed by atoms with van der Waals surface area (Å²) in [4.78, 5) is 0. The number of halogens is 1. The van der Waals surface area contributed by atoms with Crippen molar-refractivity contribution in [1.29, 1.82) is 0 Å². The van der Waals surface area contributed by atoms with E-state index < -0.39 is 17.5 Å². The number of aliphatic hydroxyl groups excluding tert-OH is 1. The number of aliphatic hydroxyl groups is 2. The van der Waals surface area contributed by atoms with Crippen molar-refractivity contribution in [2.45, 2.75) is 37.4 Å². The van der Waals surface area contributed by atoms with Crippen LogP contribution in [0.5, 0.6) is 5.75 Å². The van der Waals surface area contributed by atoms with Crippen LogP contribution in [0.2, 0.25) is 0 Å². The summed E-state index contributed by atoms with van der Waals surface area (Å²) in [5, 5.41) is 20.4. The first-order chi connectivity index (χ1) is 8.08. The van der Waals surface area contributed by atoms with Gasteiger partial charge in [0.05, 0.1) is 12.7 Å². The van der Waals surface area contributed by atoms with Crippen molar-refractivity contribution in [1.82, 2.24) is 0 Å². The molecule has 1 aromatic rings. The van der Waals surface area contributed by atoms with E-state index in [1.165, 1.54) is 19.2 Å². The Kier molecular flexibility index (Phi) is 3.35. The monoisotopic (exact) mass is 240 g/mol. The molecule has 17 heavy (non-hydrogen) atoms. The van der Waals surface area contributed by atoms with Gasteiger partial charge in [-0.05, 0) is 18.9 Å². The van der Waals surface area contributed by atoms with Crippen LogP contribution in [-0.4, -0.2) is 22.9 Å². The highest BCUT2D eigenvalue weighted by atomic mass is 19.1. The van der Waals surface area contributed by atoms with Gasteiger partial charge in [0.2, 0.25) is 0 Å². The Hall–Kier alpha value is -1.13. The summed E-state index contributed by atoms with van der Waals surface area (Å²) in [5.74, 6) is -0.508. The Bertz CT molecular complexity index is 400. The molecule has 0 bridgehead atoms. The number of rotatable bonds is 3. The van der Waals surface area contributed by atoms with Crippen LogP contribution in [-0.2, 0) is 0 Å². The van der Waals surface area contributed by atoms with Gasteiger partial charge in [-0.1, -0.05) is 25.0 Å². The fourth-order valence-corrected chi connectivity index (χ4v) is 2.45. The molecule has 0 saturated heterocycles. The zero-order valence-corrected chi connectivity index (χ0v) is 9.82. The molecular weight excluding hydrogens is 223 g/mol. The van der Waals surface area contributed by atoms with E-state index in [1.807, 2.05) is 0 Å². The highest BCUT2D eigenvalue weighted by Crippen LogP contribution is 2.41. The molecule has 1 atom stereocenters. The molecule has 0 aliphatic heterocycles. The lowest BCUT2D eigenvalue weighted by molar-refractivity contribution is -0.0734. The molecule has 1 aromatic carbocycles. The zero-order chi connectivity index (χ0) is 12.5. The number of benzene rings is 1. The summed E-state index contributed by atoms with van der Waals surface area (Å²) < 4.78 is 18.8. The lowest BCUT2D eigenvalue weighted by Crippen LogP contribution is -2.33. The van der Waals surface area contributed by atoms with Gasteiger partial charge in [-0.25, -0.2) is 4.39 Å². The first kappa shape index (κ1) is 12.3. The Labute approximate surface area is 99.8 Å². The quantitative estimate of drug-likeness (QED) is 0.851. The molecular formula is C13H17FO3. The topological polar surface area (TPSA) is 49.7 Å². The number of hydrogen-bond donors (Lipinski definition) is 2. The van der Waals surface area contributed by atoms with Crippen molar-refractivity contribution in [2.24, 2.45) is 0 Å². The SMILES string of the molecule is COc1cccc(C(O)C2(O)CCCC2)c1F. The molecule has 1 unspecified atom stereocenters. The van der Waals surface area contributed by atoms with Crippen molar-refractivity contribution < 1.29 is 19.3 Å². The van der Waals surface area contributed by atoms with Crippen LogP contribution < -0.4 is 4.74 Å². The smallest absolute Gasteiger partial charge is 0.170 e. The average molecular weight is 240 g/mol. The van der Waals surface area contributed by atoms with Crippen molar-refractivity contribution in [2.75, 3.05) is 7.11 Å². The molecule has 0 amide bonds. The standard InChI is InChI=1S/C13H17FO3/c1-17-10-6-4-5-9(11(10)14)12(15)13(16)7-2-3-8-13/h4-6,12,15-16H,2-3,7-8H2,1H3. The van der Waals surface area contributed by atoms with Gasteiger partial charge in [0.25, 0.3) is 0 Å². The van der Waals surface area contributed by atoms with E-state index in [1.54, 1.807) is 6.07 Å². The minimum Gasteiger partial charge on any atom is -0.494 e. The first-order valence-corrected chi connectivity index (χ1v) is 5.81. The maximum atomic E-state index is 14.0. The van der Waals surface area contributed by atoms with Crippen LogP contribution >= 0.6 is 0 Å². The zero-order valence-electron chi connectivity index (χ0n) is 9.82. The second-order valence-corrected chi connectivity index (χ2v) is 4.58. The van der Waals surface area contributed by atoms with Crippen LogP contribution in [0.25, 0.3) is 0 Å². The maximum absolute atomic E-state index is 14.0. The summed E-state index contributed by atoms with van der Waals surface area (Å²) in [5.41, 5.74) is -1.10. The van der Waals surface area contributed by atoms with Crippen molar-refractivity contribution in [3.63, 3.8) is 0 Å². The molecule has 1 fully saturated rings. The summed E-state index contributed by atoms with van der Waals surface area (Å²) in [7, 11) is 1.37. The second-order valence-electron chi connectivity index (χ2n) is 4.58. The van der Waals surface area contributed by atoms with Gasteiger partial charge in [0, 0.05) is 5.56 Å². The molecule has 4 heteroatoms. The van der Waals surface area contributed by atoms with Gasteiger partial charge in [-0.2, -0.15) is 0 Å². The van der Waals surface area contributed by atoms with Gasteiger partial charge in [0.15, 0.2) is 11.6 Å². The molecule has 2 N–H and O–H groups in total. The molecule has 0 radical (unpaired) electrons. The summed E-state index contributed by atoms with van der Waals surface area (Å²) in [6, 6.07) is 4.59. The molecule has 1 aliphatic rings. The van der Waals surface area contributed by atoms with Gasteiger partial charge in [-0.15, -0.1) is 0 Å². The van der Waals surface area contributed by atoms with Crippen molar-refractivity contribution >= 4 is 0 Å². The van der Waals surface area contributed by atoms with Crippen LogP contribution in [0.15, 0.2) is 18.2 Å². The fraction of sp³-hybridized carbons (Fsp3) is 0.538. The molecule has 0 spiro atoms. The van der Waals surface area contributed by atoms with Gasteiger partial charge < -0.3 is 14.9 Å². The maximum Gasteiger partial charge on any atom is 0.170 e. The first-order valence-electron chi connectivity index (χ1n) is 5.81. The average Bonchev–Trinajstić information content (AvgIpc) is 2.77. The second kappa shape index (κ2) is 4.63. The predicted molar refractivity (Wildman–Crippen MR) is 61.3 cm³/mol. The van der Waals surface area contributed by atoms with Crippen LogP contribution in [0.4, 0.5) is 4.39 Å². The highest BCUT2D eigenvalue weighted by Gasteiger charge is 2.40. The molecule has 1 saturated carbocycles. The molecule has 1 aliphatic carbocycles. The van der Waals surface area contributed by atoms with E-state index in [-0.39, 0.29) is 11.3 Å². The summed E-state index contributed by atoms with van der Waals surface area (Å²) >= 11 is 0. The number of ether oxygens (including phenoxy) is 1. The van der Waals surface area contributed by atoms with E-state index in [0.717, 1.165) is 12.8 Å². The Morgan fingerprint density at radius 1 is 1.35 bits per heavy atom. The molecule has 2 rings (SSSR count). The van der Waals surface area contributed by atoms with Gasteiger partial charge >= 0.3 is 0 Å². The fourth-order valence-electron chi connectivity index (χ4n) is 2.45. The van der Waals surface area contributed by atoms with Crippen LogP contribution in [0.3, 0.4) is 0 Å². The molecule has 0 heterocycles. The third-order valence-corrected chi connectivity index (χ3v) is 3.49. The molecule has 94 valence electrons. The summed E-state index contributed by atoms with van der Waals surface area (Å²) in [6.45, 7) is 0. The normalized spacial score (nSPS) is 20.2. The largest absolute Gasteiger partial charge is 0.494 e. The van der Waals surface area contributed by atoms with E-state index in [2.05, 4.69) is 0 Å². The van der Waals surface area contributed by atoms with E-state index in [4.69, 9.17) is 4.74 Å². The Morgan fingerprint density at radius 3 is 2.59 bits per heavy atom. The number of hydrogen-bond acceptors (Lipinski definition) is 3. The van der Waals surface area contributed by atoms with E-state index >= 15 is 0 Å². The minimum absolute atomic E-state index is 0.0862. The molecule has 0 aromatic heterocycles. The predicted octanol–water partition coefficient (Wildman–Crippen LogP) is 2.17. The van der Waals surface area contributed by atoms with E-state index in [9.17, 15) is 14.6 Å². The number of methoxy groups -OCH3 is 1. The van der Waals surface area contributed by atoms with Gasteiger partial charge in [-0.3, -0.25) is 0 Å². The third-order valence-electron chi connectivity index (χ3n) is 3.49. The van der Waals surface area contributed by atoms with Gasteiger partial charge in [0.1, 0.15) is 6.10 Å². The highest BCUT2D eigenvalue weighted by molar-refractivity contribution is 5.33. The molecule has 3 nitrogen and oxygen atoms in total. The third kappa shape index (κ3) is 2.15. The Morgan fingerprint density at radius 2 is 2.00 bits per heavy atom. The van der Waals surface area contributed by atoms with Crippen LogP contribution in [0, 0.1) is 5.82 Å². The Balaban J connectivity index is 2.33. The van der Waals surface area contributed by atoms with Crippen molar-refractivity contribution in [3.8, 4) is 5.75 Å². The van der Waals surface area contributed by atoms with Crippen molar-refractivity contribution in [3.05, 3.63) is 29.6 Å². The lowest BCUT2D eigenvalue weighted by atomic mass is 9.89. The minimum atomic E-state index is -1.20. The lowest BCUT2D eigenvalue weighted by Gasteiger charge is -2.29. The van der Waals surface area contributed by atoms with E-state index in [0.29, 0.717) is 12.8 Å². The van der Waals surface area contributed by atoms with Crippen LogP contribution in [0.1, 0.15) is 37.4 Å².